The molecule has 0 fully saturated rings. The first kappa shape index (κ1) is 15.0. The van der Waals surface area contributed by atoms with E-state index in [4.69, 9.17) is 11.6 Å². The quantitative estimate of drug-likeness (QED) is 0.835. The average Bonchev–Trinajstić information content (AvgIpc) is 2.78. The van der Waals surface area contributed by atoms with Crippen molar-refractivity contribution in [2.75, 3.05) is 0 Å². The molecule has 0 radical (unpaired) electrons. The highest BCUT2D eigenvalue weighted by Crippen LogP contribution is 2.25. The third kappa shape index (κ3) is 3.40. The highest BCUT2D eigenvalue weighted by atomic mass is 35.5. The summed E-state index contributed by atoms with van der Waals surface area (Å²) >= 11 is 6.17. The molecular weight excluding hydrogens is 270 g/mol. The van der Waals surface area contributed by atoms with Crippen LogP contribution < -0.4 is 0 Å². The summed E-state index contributed by atoms with van der Waals surface area (Å²) in [5.74, 6) is 1.44. The molecule has 4 heteroatoms. The summed E-state index contributed by atoms with van der Waals surface area (Å²) in [6, 6.07) is 10.5. The van der Waals surface area contributed by atoms with E-state index in [1.807, 2.05) is 10.6 Å². The van der Waals surface area contributed by atoms with Gasteiger partial charge in [-0.2, -0.15) is 0 Å². The van der Waals surface area contributed by atoms with Crippen molar-refractivity contribution in [3.63, 3.8) is 0 Å². The molecule has 0 bridgehead atoms. The number of hydrogen-bond donors (Lipinski definition) is 0. The van der Waals surface area contributed by atoms with Crippen LogP contribution in [0.4, 0.5) is 0 Å². The minimum atomic E-state index is -0.0455. The van der Waals surface area contributed by atoms with Crippen LogP contribution in [-0.2, 0) is 12.0 Å². The van der Waals surface area contributed by atoms with Gasteiger partial charge < -0.3 is 4.57 Å². The fourth-order valence-electron chi connectivity index (χ4n) is 2.31. The first-order valence-electron chi connectivity index (χ1n) is 7.03. The molecule has 0 aliphatic rings. The summed E-state index contributed by atoms with van der Waals surface area (Å²) in [7, 11) is 0. The van der Waals surface area contributed by atoms with E-state index in [-0.39, 0.29) is 5.41 Å². The molecule has 2 rings (SSSR count). The highest BCUT2D eigenvalue weighted by molar-refractivity contribution is 6.28. The maximum atomic E-state index is 6.17. The maximum absolute atomic E-state index is 6.17. The average molecular weight is 292 g/mol. The zero-order valence-electron chi connectivity index (χ0n) is 12.6. The summed E-state index contributed by atoms with van der Waals surface area (Å²) in [6.45, 7) is 9.47. The molecule has 1 aromatic heterocycles. The number of hydrogen-bond acceptors (Lipinski definition) is 2. The van der Waals surface area contributed by atoms with Gasteiger partial charge in [-0.05, 0) is 29.5 Å². The van der Waals surface area contributed by atoms with Gasteiger partial charge in [0.2, 0.25) is 5.28 Å². The number of benzene rings is 1. The van der Waals surface area contributed by atoms with Crippen LogP contribution >= 0.6 is 11.6 Å². The van der Waals surface area contributed by atoms with Crippen molar-refractivity contribution in [1.29, 1.82) is 0 Å². The standard InChI is InChI=1S/C16H22ClN3/c1-12(13-8-6-5-7-9-13)10-11-20-14(16(2,3)4)18-19-15(20)17/h5-9,12H,10-11H2,1-4H3. The summed E-state index contributed by atoms with van der Waals surface area (Å²) in [4.78, 5) is 0. The second-order valence-electron chi connectivity index (χ2n) is 6.29. The van der Waals surface area contributed by atoms with Gasteiger partial charge in [-0.15, -0.1) is 10.2 Å². The van der Waals surface area contributed by atoms with Crippen molar-refractivity contribution in [2.24, 2.45) is 0 Å². The Hall–Kier alpha value is -1.35. The second-order valence-corrected chi connectivity index (χ2v) is 6.63. The lowest BCUT2D eigenvalue weighted by Gasteiger charge is -2.20. The molecule has 1 heterocycles. The summed E-state index contributed by atoms with van der Waals surface area (Å²) < 4.78 is 2.03. The molecule has 1 atom stereocenters. The Morgan fingerprint density at radius 1 is 1.15 bits per heavy atom. The van der Waals surface area contributed by atoms with Gasteiger partial charge in [0.25, 0.3) is 0 Å². The number of halogens is 1. The summed E-state index contributed by atoms with van der Waals surface area (Å²) in [5.41, 5.74) is 1.31. The van der Waals surface area contributed by atoms with E-state index in [2.05, 4.69) is 62.2 Å². The lowest BCUT2D eigenvalue weighted by Crippen LogP contribution is -2.19. The van der Waals surface area contributed by atoms with Crippen molar-refractivity contribution in [3.8, 4) is 0 Å². The van der Waals surface area contributed by atoms with E-state index in [0.29, 0.717) is 11.2 Å². The fourth-order valence-corrected chi connectivity index (χ4v) is 2.51. The molecule has 0 saturated carbocycles. The number of nitrogens with zero attached hydrogens (tertiary/aromatic N) is 3. The molecule has 0 spiro atoms. The Kier molecular flexibility index (Phi) is 4.48. The monoisotopic (exact) mass is 291 g/mol. The van der Waals surface area contributed by atoms with Crippen LogP contribution in [0, 0.1) is 0 Å². The maximum Gasteiger partial charge on any atom is 0.225 e. The number of aromatic nitrogens is 3. The van der Waals surface area contributed by atoms with Gasteiger partial charge in [-0.3, -0.25) is 0 Å². The molecular formula is C16H22ClN3. The van der Waals surface area contributed by atoms with Gasteiger partial charge in [0, 0.05) is 12.0 Å². The third-order valence-electron chi connectivity index (χ3n) is 3.53. The fraction of sp³-hybridized carbons (Fsp3) is 0.500. The molecule has 0 saturated heterocycles. The lowest BCUT2D eigenvalue weighted by molar-refractivity contribution is 0.477. The molecule has 1 aromatic carbocycles. The zero-order chi connectivity index (χ0) is 14.8. The van der Waals surface area contributed by atoms with Crippen molar-refractivity contribution >= 4 is 11.6 Å². The zero-order valence-corrected chi connectivity index (χ0v) is 13.4. The van der Waals surface area contributed by atoms with E-state index in [1.165, 1.54) is 5.56 Å². The van der Waals surface area contributed by atoms with Crippen LogP contribution in [0.15, 0.2) is 30.3 Å². The van der Waals surface area contributed by atoms with Crippen LogP contribution in [0.2, 0.25) is 5.28 Å². The molecule has 20 heavy (non-hydrogen) atoms. The Morgan fingerprint density at radius 3 is 2.40 bits per heavy atom. The minimum Gasteiger partial charge on any atom is -0.301 e. The van der Waals surface area contributed by atoms with Crippen molar-refractivity contribution in [2.45, 2.75) is 52.0 Å². The molecule has 0 aliphatic carbocycles. The Morgan fingerprint density at radius 2 is 1.80 bits per heavy atom. The largest absolute Gasteiger partial charge is 0.301 e. The minimum absolute atomic E-state index is 0.0455. The SMILES string of the molecule is CC(CCn1c(Cl)nnc1C(C)(C)C)c1ccccc1. The lowest BCUT2D eigenvalue weighted by atomic mass is 9.95. The number of rotatable bonds is 4. The predicted octanol–water partition coefficient (Wildman–Crippen LogP) is 4.42. The first-order valence-corrected chi connectivity index (χ1v) is 7.41. The van der Waals surface area contributed by atoms with Crippen molar-refractivity contribution in [3.05, 3.63) is 47.0 Å². The van der Waals surface area contributed by atoms with E-state index in [1.54, 1.807) is 0 Å². The van der Waals surface area contributed by atoms with Gasteiger partial charge in [0.05, 0.1) is 0 Å². The van der Waals surface area contributed by atoms with E-state index in [0.717, 1.165) is 18.8 Å². The predicted molar refractivity (Wildman–Crippen MR) is 83.2 cm³/mol. The molecule has 0 N–H and O–H groups in total. The molecule has 3 nitrogen and oxygen atoms in total. The first-order chi connectivity index (χ1) is 9.39. The smallest absolute Gasteiger partial charge is 0.225 e. The van der Waals surface area contributed by atoms with Gasteiger partial charge in [0.15, 0.2) is 0 Å². The van der Waals surface area contributed by atoms with E-state index in [9.17, 15) is 0 Å². The van der Waals surface area contributed by atoms with Gasteiger partial charge >= 0.3 is 0 Å². The van der Waals surface area contributed by atoms with Gasteiger partial charge in [0.1, 0.15) is 5.82 Å². The molecule has 1 unspecified atom stereocenters. The summed E-state index contributed by atoms with van der Waals surface area (Å²) in [6.07, 6.45) is 1.02. The second kappa shape index (κ2) is 5.96. The van der Waals surface area contributed by atoms with Gasteiger partial charge in [-0.1, -0.05) is 58.0 Å². The highest BCUT2D eigenvalue weighted by Gasteiger charge is 2.23. The van der Waals surface area contributed by atoms with Crippen LogP contribution in [0.25, 0.3) is 0 Å². The topological polar surface area (TPSA) is 30.7 Å². The van der Waals surface area contributed by atoms with Crippen LogP contribution in [-0.4, -0.2) is 14.8 Å². The van der Waals surface area contributed by atoms with Crippen LogP contribution in [0.3, 0.4) is 0 Å². The Labute approximate surface area is 126 Å². The molecule has 2 aromatic rings. The summed E-state index contributed by atoms with van der Waals surface area (Å²) in [5, 5.41) is 8.71. The third-order valence-corrected chi connectivity index (χ3v) is 3.81. The molecule has 0 aliphatic heterocycles. The van der Waals surface area contributed by atoms with Crippen molar-refractivity contribution < 1.29 is 0 Å². The van der Waals surface area contributed by atoms with E-state index >= 15 is 0 Å². The van der Waals surface area contributed by atoms with Crippen LogP contribution in [0.1, 0.15) is 51.4 Å². The van der Waals surface area contributed by atoms with E-state index < -0.39 is 0 Å². The van der Waals surface area contributed by atoms with Crippen molar-refractivity contribution in [1.82, 2.24) is 14.8 Å². The molecule has 108 valence electrons. The normalized spacial score (nSPS) is 13.4. The van der Waals surface area contributed by atoms with Crippen LogP contribution in [0.5, 0.6) is 0 Å². The Bertz CT molecular complexity index is 555. The van der Waals surface area contributed by atoms with Gasteiger partial charge in [-0.25, -0.2) is 0 Å². The Balaban J connectivity index is 2.10. The molecule has 0 amide bonds.